The van der Waals surface area contributed by atoms with Crippen LogP contribution in [0.5, 0.6) is 0 Å². The molecule has 2 aliphatic rings. The Hall–Kier alpha value is -2.75. The Balaban J connectivity index is 0.000000219. The molecule has 2 fully saturated rings. The molecule has 178 valence electrons. The first kappa shape index (κ1) is 23.4. The number of hydrogen-bond donors (Lipinski definition) is 2. The number of nitrogens with one attached hydrogen (secondary N) is 2. The van der Waals surface area contributed by atoms with E-state index in [-0.39, 0.29) is 6.42 Å². The molecule has 1 saturated carbocycles. The quantitative estimate of drug-likeness (QED) is 0.435. The molecule has 0 amide bonds. The largest absolute Gasteiger partial charge is 0.367 e. The Morgan fingerprint density at radius 1 is 0.970 bits per heavy atom. The van der Waals surface area contributed by atoms with Crippen molar-refractivity contribution in [2.24, 2.45) is 0 Å². The summed E-state index contributed by atoms with van der Waals surface area (Å²) in [6.45, 7) is 2.07. The number of fused-ring (bicyclic) bond motifs is 1. The minimum atomic E-state index is -3.64. The Morgan fingerprint density at radius 2 is 1.67 bits per heavy atom. The van der Waals surface area contributed by atoms with Gasteiger partial charge in [-0.2, -0.15) is 22.7 Å². The third kappa shape index (κ3) is 5.98. The van der Waals surface area contributed by atoms with Crippen molar-refractivity contribution in [3.05, 3.63) is 36.2 Å². The number of rotatable bonds is 3. The van der Waals surface area contributed by atoms with E-state index < -0.39 is 25.1 Å². The van der Waals surface area contributed by atoms with Gasteiger partial charge in [0.05, 0.1) is 16.6 Å². The average Bonchev–Trinajstić information content (AvgIpc) is 3.19. The van der Waals surface area contributed by atoms with Gasteiger partial charge in [0.2, 0.25) is 0 Å². The Morgan fingerprint density at radius 3 is 2.30 bits per heavy atom. The fraction of sp³-hybridized carbons (Fsp3) is 0.522. The third-order valence-electron chi connectivity index (χ3n) is 5.81. The summed E-state index contributed by atoms with van der Waals surface area (Å²) in [6.07, 6.45) is 1.35. The van der Waals surface area contributed by atoms with Gasteiger partial charge in [-0.1, -0.05) is 19.3 Å². The highest BCUT2D eigenvalue weighted by atomic mass is 19.3. The van der Waals surface area contributed by atoms with Gasteiger partial charge in [0, 0.05) is 31.3 Å². The maximum Gasteiger partial charge on any atom is 0.360 e. The average molecular weight is 465 g/mol. The highest BCUT2D eigenvalue weighted by Gasteiger charge is 2.47. The van der Waals surface area contributed by atoms with Crippen molar-refractivity contribution in [1.82, 2.24) is 20.2 Å². The molecule has 33 heavy (non-hydrogen) atoms. The number of hydrogen-bond acceptors (Lipinski definition) is 5. The number of halogens is 4. The van der Waals surface area contributed by atoms with E-state index in [9.17, 15) is 17.6 Å². The van der Waals surface area contributed by atoms with E-state index in [1.165, 1.54) is 37.7 Å². The second-order valence-electron chi connectivity index (χ2n) is 8.58. The fourth-order valence-corrected chi connectivity index (χ4v) is 4.19. The van der Waals surface area contributed by atoms with Crippen LogP contribution >= 0.6 is 0 Å². The number of alkyl halides is 4. The molecule has 0 bridgehead atoms. The van der Waals surface area contributed by atoms with Crippen LogP contribution in [0.15, 0.2) is 30.6 Å². The van der Waals surface area contributed by atoms with Gasteiger partial charge >= 0.3 is 12.2 Å². The summed E-state index contributed by atoms with van der Waals surface area (Å²) < 4.78 is 51.2. The van der Waals surface area contributed by atoms with Gasteiger partial charge in [0.25, 0.3) is 0 Å². The topological polar surface area (TPSA) is 75.7 Å². The molecule has 6 nitrogen and oxygen atoms in total. The molecule has 5 rings (SSSR count). The van der Waals surface area contributed by atoms with Crippen LogP contribution in [-0.2, 0) is 4.74 Å². The first-order valence-electron chi connectivity index (χ1n) is 11.2. The minimum Gasteiger partial charge on any atom is -0.367 e. The number of anilines is 1. The molecule has 0 radical (unpaired) electrons. The summed E-state index contributed by atoms with van der Waals surface area (Å²) in [5, 5.41) is 12.3. The summed E-state index contributed by atoms with van der Waals surface area (Å²) in [5.41, 5.74) is 3.93. The van der Waals surface area contributed by atoms with E-state index in [0.717, 1.165) is 28.1 Å². The van der Waals surface area contributed by atoms with Crippen molar-refractivity contribution in [3.8, 4) is 11.4 Å². The fourth-order valence-electron chi connectivity index (χ4n) is 4.19. The smallest absolute Gasteiger partial charge is 0.360 e. The van der Waals surface area contributed by atoms with Gasteiger partial charge in [0.15, 0.2) is 0 Å². The van der Waals surface area contributed by atoms with Crippen LogP contribution < -0.4 is 5.32 Å². The van der Waals surface area contributed by atoms with Crippen LogP contribution in [0.4, 0.5) is 23.4 Å². The molecular formula is C23H27F4N5O. The number of nitrogens with zero attached hydrogens (tertiary/aromatic N) is 3. The number of pyridine rings is 2. The first-order valence-corrected chi connectivity index (χ1v) is 11.2. The zero-order valence-electron chi connectivity index (χ0n) is 18.4. The molecule has 0 atom stereocenters. The first-order chi connectivity index (χ1) is 15.7. The summed E-state index contributed by atoms with van der Waals surface area (Å²) >= 11 is 0. The van der Waals surface area contributed by atoms with Gasteiger partial charge in [-0.3, -0.25) is 14.8 Å². The summed E-state index contributed by atoms with van der Waals surface area (Å²) in [7, 11) is 0. The molecular weight excluding hydrogens is 438 g/mol. The van der Waals surface area contributed by atoms with Gasteiger partial charge in [-0.25, -0.2) is 4.98 Å². The van der Waals surface area contributed by atoms with E-state index in [1.807, 2.05) is 24.5 Å². The highest BCUT2D eigenvalue weighted by molar-refractivity contribution is 5.99. The Bertz CT molecular complexity index is 1070. The maximum atomic E-state index is 12.0. The Kier molecular flexibility index (Phi) is 6.83. The molecule has 1 aliphatic heterocycles. The normalized spacial score (nSPS) is 20.2. The second kappa shape index (κ2) is 9.62. The molecule has 0 unspecified atom stereocenters. The second-order valence-corrected chi connectivity index (χ2v) is 8.58. The summed E-state index contributed by atoms with van der Waals surface area (Å²) in [5.74, 6) is 0.918. The van der Waals surface area contributed by atoms with Crippen molar-refractivity contribution >= 4 is 16.7 Å². The van der Waals surface area contributed by atoms with Crippen LogP contribution in [0, 0.1) is 6.92 Å². The van der Waals surface area contributed by atoms with Crippen molar-refractivity contribution in [2.45, 2.75) is 76.5 Å². The molecule has 3 aromatic rings. The van der Waals surface area contributed by atoms with E-state index in [4.69, 9.17) is 0 Å². The molecule has 1 saturated heterocycles. The predicted molar refractivity (Wildman–Crippen MR) is 117 cm³/mol. The number of aryl methyl sites for hydroxylation is 1. The van der Waals surface area contributed by atoms with E-state index in [0.29, 0.717) is 6.04 Å². The van der Waals surface area contributed by atoms with Crippen LogP contribution in [0.25, 0.3) is 22.3 Å². The minimum absolute atomic E-state index is 0.194. The zero-order chi connectivity index (χ0) is 23.5. The zero-order valence-corrected chi connectivity index (χ0v) is 18.4. The highest BCUT2D eigenvalue weighted by Crippen LogP contribution is 2.39. The number of aromatic amines is 1. The molecule has 3 aromatic heterocycles. The lowest BCUT2D eigenvalue weighted by Gasteiger charge is -2.28. The number of aromatic nitrogens is 4. The van der Waals surface area contributed by atoms with Gasteiger partial charge in [-0.15, -0.1) is 0 Å². The van der Waals surface area contributed by atoms with Gasteiger partial charge < -0.3 is 5.32 Å². The molecule has 2 N–H and O–H groups in total. The lowest BCUT2D eigenvalue weighted by Crippen LogP contribution is -2.37. The van der Waals surface area contributed by atoms with Crippen LogP contribution in [0.3, 0.4) is 0 Å². The van der Waals surface area contributed by atoms with Crippen LogP contribution in [0.1, 0.15) is 56.9 Å². The van der Waals surface area contributed by atoms with Crippen molar-refractivity contribution in [2.75, 3.05) is 5.32 Å². The van der Waals surface area contributed by atoms with Gasteiger partial charge in [-0.05, 0) is 49.9 Å². The molecule has 0 aromatic carbocycles. The van der Waals surface area contributed by atoms with E-state index >= 15 is 0 Å². The summed E-state index contributed by atoms with van der Waals surface area (Å²) in [4.78, 5) is 9.06. The van der Waals surface area contributed by atoms with Gasteiger partial charge in [0.1, 0.15) is 11.5 Å². The van der Waals surface area contributed by atoms with Crippen LogP contribution in [-0.4, -0.2) is 38.4 Å². The van der Waals surface area contributed by atoms with Crippen LogP contribution in [0.2, 0.25) is 0 Å². The van der Waals surface area contributed by atoms with Crippen molar-refractivity contribution in [3.63, 3.8) is 0 Å². The standard InChI is InChI=1S/C18H21N5.C5H6F4O/c1-12-7-9-19-15(11-12)17-16-14(22-23-17)8-10-20-18(16)21-13-5-3-2-4-6-13;6-4(7)2-1-3-5(8,9)10-4/h7-11,13H,2-6H2,1H3,(H,20,21)(H,22,23);1-3H2. The lowest BCUT2D eigenvalue weighted by molar-refractivity contribution is -0.396. The van der Waals surface area contributed by atoms with E-state index in [1.54, 1.807) is 0 Å². The molecule has 10 heteroatoms. The third-order valence-corrected chi connectivity index (χ3v) is 5.81. The van der Waals surface area contributed by atoms with Crippen molar-refractivity contribution in [1.29, 1.82) is 0 Å². The van der Waals surface area contributed by atoms with Crippen molar-refractivity contribution < 1.29 is 22.3 Å². The maximum absolute atomic E-state index is 12.0. The lowest BCUT2D eigenvalue weighted by atomic mass is 9.95. The van der Waals surface area contributed by atoms with E-state index in [2.05, 4.69) is 43.2 Å². The molecule has 1 aliphatic carbocycles. The monoisotopic (exact) mass is 465 g/mol. The predicted octanol–water partition coefficient (Wildman–Crippen LogP) is 6.45. The number of ether oxygens (including phenoxy) is 1. The SMILES string of the molecule is Cc1ccnc(-c2n[nH]c3ccnc(NC4CCCCC4)c23)c1.FC1(F)CCCC(F)(F)O1. The molecule has 4 heterocycles. The summed E-state index contributed by atoms with van der Waals surface area (Å²) in [6, 6.07) is 6.54. The Labute approximate surface area is 189 Å². The molecule has 0 spiro atoms. The number of H-pyrrole nitrogens is 1.